The molecule has 5 nitrogen and oxygen atoms in total. The first kappa shape index (κ1) is 14.4. The summed E-state index contributed by atoms with van der Waals surface area (Å²) in [6, 6.07) is 7.89. The zero-order valence-corrected chi connectivity index (χ0v) is 11.7. The van der Waals surface area contributed by atoms with Crippen molar-refractivity contribution >= 4 is 12.1 Å². The first-order valence-electron chi connectivity index (χ1n) is 6.58. The van der Waals surface area contributed by atoms with Crippen molar-refractivity contribution in [1.29, 1.82) is 0 Å². The molecule has 0 spiro atoms. The van der Waals surface area contributed by atoms with Crippen molar-refractivity contribution < 1.29 is 23.8 Å². The van der Waals surface area contributed by atoms with Gasteiger partial charge in [0.05, 0.1) is 0 Å². The third-order valence-electron chi connectivity index (χ3n) is 3.31. The molecule has 0 amide bonds. The lowest BCUT2D eigenvalue weighted by atomic mass is 9.92. The highest BCUT2D eigenvalue weighted by atomic mass is 16.7. The predicted octanol–water partition coefficient (Wildman–Crippen LogP) is 2.47. The fourth-order valence-electron chi connectivity index (χ4n) is 1.83. The Labute approximate surface area is 117 Å². The summed E-state index contributed by atoms with van der Waals surface area (Å²) in [6.45, 7) is 3.91. The maximum Gasteiger partial charge on any atom is 0.508 e. The van der Waals surface area contributed by atoms with Crippen molar-refractivity contribution in [2.75, 3.05) is 13.2 Å². The van der Waals surface area contributed by atoms with Gasteiger partial charge in [-0.1, -0.05) is 31.2 Å². The number of carbonyl (C=O) groups is 2. The van der Waals surface area contributed by atoms with E-state index in [1.54, 1.807) is 6.92 Å². The lowest BCUT2D eigenvalue weighted by molar-refractivity contribution is -0.167. The molecular weight excluding hydrogens is 260 g/mol. The summed E-state index contributed by atoms with van der Waals surface area (Å²) >= 11 is 0. The van der Waals surface area contributed by atoms with Gasteiger partial charge in [0.1, 0.15) is 25.2 Å². The Kier molecular flexibility index (Phi) is 4.27. The first-order chi connectivity index (χ1) is 9.53. The Morgan fingerprint density at radius 3 is 2.30 bits per heavy atom. The van der Waals surface area contributed by atoms with Gasteiger partial charge in [-0.25, -0.2) is 4.79 Å². The van der Waals surface area contributed by atoms with Gasteiger partial charge in [0.15, 0.2) is 0 Å². The van der Waals surface area contributed by atoms with E-state index in [-0.39, 0.29) is 19.8 Å². The number of rotatable bonds is 4. The van der Waals surface area contributed by atoms with E-state index in [2.05, 4.69) is 6.92 Å². The van der Waals surface area contributed by atoms with Gasteiger partial charge in [0.2, 0.25) is 0 Å². The van der Waals surface area contributed by atoms with E-state index in [1.165, 1.54) is 5.56 Å². The SMILES string of the molecule is CCc1ccc(COC(=O)C2(C)COC(=O)OC2)cc1. The van der Waals surface area contributed by atoms with Gasteiger partial charge in [0, 0.05) is 0 Å². The lowest BCUT2D eigenvalue weighted by Gasteiger charge is -2.29. The Bertz CT molecular complexity index is 481. The van der Waals surface area contributed by atoms with Gasteiger partial charge >= 0.3 is 12.1 Å². The summed E-state index contributed by atoms with van der Waals surface area (Å²) < 4.78 is 14.7. The number of cyclic esters (lactones) is 2. The van der Waals surface area contributed by atoms with Gasteiger partial charge in [0.25, 0.3) is 0 Å². The first-order valence-corrected chi connectivity index (χ1v) is 6.58. The van der Waals surface area contributed by atoms with E-state index in [0.717, 1.165) is 12.0 Å². The van der Waals surface area contributed by atoms with Crippen LogP contribution in [-0.2, 0) is 32.0 Å². The minimum absolute atomic E-state index is 0.0144. The number of carbonyl (C=O) groups excluding carboxylic acids is 2. The molecule has 0 aromatic heterocycles. The van der Waals surface area contributed by atoms with E-state index < -0.39 is 17.5 Å². The second-order valence-corrected chi connectivity index (χ2v) is 5.13. The Morgan fingerprint density at radius 2 is 1.75 bits per heavy atom. The molecule has 20 heavy (non-hydrogen) atoms. The van der Waals surface area contributed by atoms with Crippen LogP contribution < -0.4 is 0 Å². The molecule has 1 fully saturated rings. The maximum atomic E-state index is 12.0. The van der Waals surface area contributed by atoms with E-state index in [4.69, 9.17) is 14.2 Å². The Hall–Kier alpha value is -2.04. The minimum Gasteiger partial charge on any atom is -0.460 e. The molecule has 1 saturated heterocycles. The molecule has 108 valence electrons. The van der Waals surface area contributed by atoms with Crippen LogP contribution in [-0.4, -0.2) is 25.3 Å². The molecule has 0 saturated carbocycles. The van der Waals surface area contributed by atoms with Crippen molar-refractivity contribution in [3.8, 4) is 0 Å². The summed E-state index contributed by atoms with van der Waals surface area (Å²) in [5.74, 6) is -0.426. The second kappa shape index (κ2) is 5.94. The van der Waals surface area contributed by atoms with Crippen LogP contribution in [0, 0.1) is 5.41 Å². The summed E-state index contributed by atoms with van der Waals surface area (Å²) in [4.78, 5) is 22.8. The largest absolute Gasteiger partial charge is 0.508 e. The fraction of sp³-hybridized carbons (Fsp3) is 0.467. The van der Waals surface area contributed by atoms with E-state index in [0.29, 0.717) is 0 Å². The van der Waals surface area contributed by atoms with Gasteiger partial charge in [-0.3, -0.25) is 4.79 Å². The standard InChI is InChI=1S/C15H18O5/c1-3-11-4-6-12(7-5-11)8-18-13(16)15(2)9-19-14(17)20-10-15/h4-7H,3,8-10H2,1-2H3. The minimum atomic E-state index is -0.933. The smallest absolute Gasteiger partial charge is 0.460 e. The quantitative estimate of drug-likeness (QED) is 0.792. The number of aryl methyl sites for hydroxylation is 1. The topological polar surface area (TPSA) is 61.8 Å². The molecule has 1 aliphatic rings. The highest BCUT2D eigenvalue weighted by molar-refractivity contribution is 5.78. The molecule has 0 unspecified atom stereocenters. The number of hydrogen-bond donors (Lipinski definition) is 0. The molecule has 0 N–H and O–H groups in total. The lowest BCUT2D eigenvalue weighted by Crippen LogP contribution is -2.44. The van der Waals surface area contributed by atoms with Crippen LogP contribution in [0.5, 0.6) is 0 Å². The number of esters is 1. The zero-order chi connectivity index (χ0) is 14.6. The molecule has 0 atom stereocenters. The van der Waals surface area contributed by atoms with Crippen LogP contribution in [0.1, 0.15) is 25.0 Å². The van der Waals surface area contributed by atoms with Crippen LogP contribution in [0.25, 0.3) is 0 Å². The van der Waals surface area contributed by atoms with Crippen molar-refractivity contribution in [3.63, 3.8) is 0 Å². The van der Waals surface area contributed by atoms with E-state index in [1.807, 2.05) is 24.3 Å². The number of ether oxygens (including phenoxy) is 3. The van der Waals surface area contributed by atoms with Gasteiger partial charge in [-0.05, 0) is 24.5 Å². The highest BCUT2D eigenvalue weighted by Gasteiger charge is 2.41. The van der Waals surface area contributed by atoms with Gasteiger partial charge in [-0.2, -0.15) is 0 Å². The van der Waals surface area contributed by atoms with Crippen molar-refractivity contribution in [1.82, 2.24) is 0 Å². The molecule has 5 heteroatoms. The fourth-order valence-corrected chi connectivity index (χ4v) is 1.83. The van der Waals surface area contributed by atoms with Crippen LogP contribution >= 0.6 is 0 Å². The summed E-state index contributed by atoms with van der Waals surface area (Å²) in [5, 5.41) is 0. The van der Waals surface area contributed by atoms with Crippen LogP contribution in [0.15, 0.2) is 24.3 Å². The maximum absolute atomic E-state index is 12.0. The Balaban J connectivity index is 1.89. The highest BCUT2D eigenvalue weighted by Crippen LogP contribution is 2.24. The van der Waals surface area contributed by atoms with Crippen LogP contribution in [0.4, 0.5) is 4.79 Å². The average Bonchev–Trinajstić information content (AvgIpc) is 2.48. The predicted molar refractivity (Wildman–Crippen MR) is 71.0 cm³/mol. The Morgan fingerprint density at radius 1 is 1.20 bits per heavy atom. The number of hydrogen-bond acceptors (Lipinski definition) is 5. The molecule has 1 heterocycles. The van der Waals surface area contributed by atoms with Crippen LogP contribution in [0.3, 0.4) is 0 Å². The van der Waals surface area contributed by atoms with Gasteiger partial charge < -0.3 is 14.2 Å². The summed E-state index contributed by atoms with van der Waals surface area (Å²) in [6.07, 6.45) is 0.228. The third-order valence-corrected chi connectivity index (χ3v) is 3.31. The molecule has 1 aromatic carbocycles. The summed E-state index contributed by atoms with van der Waals surface area (Å²) in [5.41, 5.74) is 1.23. The van der Waals surface area contributed by atoms with Gasteiger partial charge in [-0.15, -0.1) is 0 Å². The van der Waals surface area contributed by atoms with Crippen molar-refractivity contribution in [3.05, 3.63) is 35.4 Å². The monoisotopic (exact) mass is 278 g/mol. The molecule has 2 rings (SSSR count). The summed E-state index contributed by atoms with van der Waals surface area (Å²) in [7, 11) is 0. The zero-order valence-electron chi connectivity index (χ0n) is 11.7. The molecular formula is C15H18O5. The molecule has 0 bridgehead atoms. The second-order valence-electron chi connectivity index (χ2n) is 5.13. The average molecular weight is 278 g/mol. The normalized spacial score (nSPS) is 17.0. The molecule has 0 aliphatic carbocycles. The van der Waals surface area contributed by atoms with Crippen LogP contribution in [0.2, 0.25) is 0 Å². The van der Waals surface area contributed by atoms with E-state index >= 15 is 0 Å². The molecule has 1 aliphatic heterocycles. The van der Waals surface area contributed by atoms with Crippen molar-refractivity contribution in [2.24, 2.45) is 5.41 Å². The molecule has 0 radical (unpaired) electrons. The van der Waals surface area contributed by atoms with E-state index in [9.17, 15) is 9.59 Å². The van der Waals surface area contributed by atoms with Crippen molar-refractivity contribution in [2.45, 2.75) is 26.9 Å². The molecule has 1 aromatic rings. The number of benzene rings is 1. The third kappa shape index (κ3) is 3.29.